The number of hydrogen-bond acceptors (Lipinski definition) is 4. The maximum absolute atomic E-state index is 12.4. The molecule has 0 radical (unpaired) electrons. The smallest absolute Gasteiger partial charge is 0.241 e. The van der Waals surface area contributed by atoms with Crippen LogP contribution in [-0.2, 0) is 11.8 Å². The van der Waals surface area contributed by atoms with Crippen molar-refractivity contribution in [2.24, 2.45) is 18.7 Å². The SMILES string of the molecule is Cn1cnnc1-c1ccc(NC(=O)[C@@H](N)C2CCCCCC2)cc1.[HH]. The van der Waals surface area contributed by atoms with Crippen LogP contribution in [0.5, 0.6) is 0 Å². The van der Waals surface area contributed by atoms with Gasteiger partial charge in [-0.1, -0.05) is 25.7 Å². The monoisotopic (exact) mass is 329 g/mol. The number of anilines is 1. The minimum atomic E-state index is -0.429. The number of amides is 1. The predicted octanol–water partition coefficient (Wildman–Crippen LogP) is 2.96. The van der Waals surface area contributed by atoms with Crippen molar-refractivity contribution in [3.8, 4) is 11.4 Å². The van der Waals surface area contributed by atoms with Gasteiger partial charge in [0.1, 0.15) is 6.33 Å². The van der Waals surface area contributed by atoms with Crippen LogP contribution in [0.4, 0.5) is 5.69 Å². The largest absolute Gasteiger partial charge is 0.325 e. The quantitative estimate of drug-likeness (QED) is 0.844. The minimum absolute atomic E-state index is 0. The lowest BCUT2D eigenvalue weighted by atomic mass is 9.92. The van der Waals surface area contributed by atoms with Crippen LogP contribution < -0.4 is 11.1 Å². The molecular formula is C18H27N5O. The molecule has 0 spiro atoms. The second-order valence-electron chi connectivity index (χ2n) is 6.61. The molecule has 1 fully saturated rings. The van der Waals surface area contributed by atoms with Crippen LogP contribution in [0.1, 0.15) is 40.0 Å². The van der Waals surface area contributed by atoms with E-state index in [9.17, 15) is 4.79 Å². The Morgan fingerprint density at radius 2 is 1.92 bits per heavy atom. The fourth-order valence-electron chi connectivity index (χ4n) is 3.36. The van der Waals surface area contributed by atoms with Crippen molar-refractivity contribution < 1.29 is 6.22 Å². The van der Waals surface area contributed by atoms with Gasteiger partial charge in [-0.05, 0) is 43.0 Å². The molecule has 1 aliphatic carbocycles. The summed E-state index contributed by atoms with van der Waals surface area (Å²) in [6, 6.07) is 7.18. The molecule has 1 amide bonds. The van der Waals surface area contributed by atoms with Crippen molar-refractivity contribution in [1.29, 1.82) is 0 Å². The number of carbonyl (C=O) groups is 1. The van der Waals surface area contributed by atoms with Crippen LogP contribution in [-0.4, -0.2) is 26.7 Å². The summed E-state index contributed by atoms with van der Waals surface area (Å²) in [6.45, 7) is 0. The van der Waals surface area contributed by atoms with Gasteiger partial charge >= 0.3 is 0 Å². The second kappa shape index (κ2) is 7.57. The van der Waals surface area contributed by atoms with E-state index in [4.69, 9.17) is 5.73 Å². The van der Waals surface area contributed by atoms with Crippen molar-refractivity contribution in [1.82, 2.24) is 14.8 Å². The number of nitrogens with two attached hydrogens (primary N) is 1. The van der Waals surface area contributed by atoms with Gasteiger partial charge in [0.2, 0.25) is 5.91 Å². The van der Waals surface area contributed by atoms with Crippen molar-refractivity contribution in [3.63, 3.8) is 0 Å². The zero-order chi connectivity index (χ0) is 16.9. The van der Waals surface area contributed by atoms with Crippen LogP contribution in [0, 0.1) is 5.92 Å². The normalized spacial score (nSPS) is 17.2. The third-order valence-corrected chi connectivity index (χ3v) is 4.83. The number of hydrogen-bond donors (Lipinski definition) is 2. The molecule has 1 aromatic heterocycles. The molecule has 0 aliphatic heterocycles. The maximum Gasteiger partial charge on any atom is 0.241 e. The molecule has 0 saturated heterocycles. The predicted molar refractivity (Wildman–Crippen MR) is 96.4 cm³/mol. The summed E-state index contributed by atoms with van der Waals surface area (Å²) in [6.07, 6.45) is 8.65. The van der Waals surface area contributed by atoms with E-state index >= 15 is 0 Å². The molecule has 1 heterocycles. The average Bonchev–Trinajstić information content (AvgIpc) is 2.85. The molecule has 2 aromatic rings. The summed E-state index contributed by atoms with van der Waals surface area (Å²) in [5.74, 6) is 1.00. The highest BCUT2D eigenvalue weighted by atomic mass is 16.2. The maximum atomic E-state index is 12.4. The highest BCUT2D eigenvalue weighted by molar-refractivity contribution is 5.95. The summed E-state index contributed by atoms with van der Waals surface area (Å²) in [5, 5.41) is 10.9. The molecule has 1 aromatic carbocycles. The molecule has 6 nitrogen and oxygen atoms in total. The zero-order valence-corrected chi connectivity index (χ0v) is 14.1. The highest BCUT2D eigenvalue weighted by Crippen LogP contribution is 2.25. The van der Waals surface area contributed by atoms with E-state index in [2.05, 4.69) is 15.5 Å². The Kier molecular flexibility index (Phi) is 5.25. The van der Waals surface area contributed by atoms with Crippen LogP contribution in [0.3, 0.4) is 0 Å². The van der Waals surface area contributed by atoms with Gasteiger partial charge in [0, 0.05) is 19.7 Å². The van der Waals surface area contributed by atoms with Crippen LogP contribution in [0.25, 0.3) is 11.4 Å². The first-order chi connectivity index (χ1) is 11.6. The summed E-state index contributed by atoms with van der Waals surface area (Å²) < 4.78 is 1.86. The van der Waals surface area contributed by atoms with Gasteiger partial charge in [-0.3, -0.25) is 4.79 Å². The Morgan fingerprint density at radius 3 is 2.50 bits per heavy atom. The first-order valence-electron chi connectivity index (χ1n) is 8.66. The molecule has 1 atom stereocenters. The molecule has 0 unspecified atom stereocenters. The molecule has 1 aliphatic rings. The van der Waals surface area contributed by atoms with Gasteiger partial charge in [0.05, 0.1) is 6.04 Å². The minimum Gasteiger partial charge on any atom is -0.325 e. The van der Waals surface area contributed by atoms with Gasteiger partial charge < -0.3 is 15.6 Å². The molecule has 130 valence electrons. The zero-order valence-electron chi connectivity index (χ0n) is 14.1. The standard InChI is InChI=1S/C18H25N5O.H2/c1-23-12-20-22-17(23)14-8-10-15(11-9-14)21-18(24)16(19)13-6-4-2-3-5-7-13;/h8-13,16H,2-7,19H2,1H3,(H,21,24);1H/t16-;/m0./s1. The van der Waals surface area contributed by atoms with E-state index in [1.165, 1.54) is 25.7 Å². The molecule has 24 heavy (non-hydrogen) atoms. The number of nitrogens with one attached hydrogen (secondary N) is 1. The fourth-order valence-corrected chi connectivity index (χ4v) is 3.36. The van der Waals surface area contributed by atoms with Crippen molar-refractivity contribution >= 4 is 11.6 Å². The second-order valence-corrected chi connectivity index (χ2v) is 6.61. The Labute approximate surface area is 143 Å². The molecule has 3 N–H and O–H groups in total. The summed E-state index contributed by atoms with van der Waals surface area (Å²) in [7, 11) is 1.90. The lowest BCUT2D eigenvalue weighted by Gasteiger charge is -2.21. The van der Waals surface area contributed by atoms with Crippen molar-refractivity contribution in [3.05, 3.63) is 30.6 Å². The van der Waals surface area contributed by atoms with E-state index in [1.807, 2.05) is 35.9 Å². The third kappa shape index (κ3) is 3.82. The van der Waals surface area contributed by atoms with E-state index < -0.39 is 6.04 Å². The van der Waals surface area contributed by atoms with E-state index in [-0.39, 0.29) is 7.33 Å². The van der Waals surface area contributed by atoms with Crippen LogP contribution in [0.2, 0.25) is 0 Å². The van der Waals surface area contributed by atoms with Crippen molar-refractivity contribution in [2.75, 3.05) is 5.32 Å². The Morgan fingerprint density at radius 1 is 1.25 bits per heavy atom. The van der Waals surface area contributed by atoms with Gasteiger partial charge in [-0.15, -0.1) is 10.2 Å². The van der Waals surface area contributed by atoms with Gasteiger partial charge in [0.15, 0.2) is 5.82 Å². The summed E-state index contributed by atoms with van der Waals surface area (Å²) in [4.78, 5) is 12.4. The van der Waals surface area contributed by atoms with Crippen LogP contribution >= 0.6 is 0 Å². The number of rotatable bonds is 4. The van der Waals surface area contributed by atoms with Gasteiger partial charge in [-0.25, -0.2) is 0 Å². The Balaban J connectivity index is 0.00000225. The molecule has 0 bridgehead atoms. The summed E-state index contributed by atoms with van der Waals surface area (Å²) in [5.41, 5.74) is 7.92. The lowest BCUT2D eigenvalue weighted by Crippen LogP contribution is -2.41. The third-order valence-electron chi connectivity index (χ3n) is 4.83. The molecule has 1 saturated carbocycles. The first-order valence-corrected chi connectivity index (χ1v) is 8.66. The molecule has 3 rings (SSSR count). The van der Waals surface area contributed by atoms with Gasteiger partial charge in [-0.2, -0.15) is 0 Å². The van der Waals surface area contributed by atoms with Gasteiger partial charge in [0.25, 0.3) is 0 Å². The molecule has 6 heteroatoms. The number of benzene rings is 1. The number of nitrogens with zero attached hydrogens (tertiary/aromatic N) is 3. The summed E-state index contributed by atoms with van der Waals surface area (Å²) >= 11 is 0. The molecular weight excluding hydrogens is 302 g/mol. The first kappa shape index (κ1) is 16.6. The Hall–Kier alpha value is -2.21. The lowest BCUT2D eigenvalue weighted by molar-refractivity contribution is -0.118. The number of aromatic nitrogens is 3. The average molecular weight is 329 g/mol. The van der Waals surface area contributed by atoms with E-state index in [0.717, 1.165) is 29.9 Å². The topological polar surface area (TPSA) is 85.8 Å². The Bertz CT molecular complexity index is 677. The van der Waals surface area contributed by atoms with Crippen molar-refractivity contribution in [2.45, 2.75) is 44.6 Å². The van der Waals surface area contributed by atoms with E-state index in [0.29, 0.717) is 5.92 Å². The van der Waals surface area contributed by atoms with Crippen LogP contribution in [0.15, 0.2) is 30.6 Å². The number of carbonyl (C=O) groups excluding carboxylic acids is 1. The van der Waals surface area contributed by atoms with E-state index in [1.54, 1.807) is 6.33 Å². The number of aryl methyl sites for hydroxylation is 1. The fraction of sp³-hybridized carbons (Fsp3) is 0.500. The highest BCUT2D eigenvalue weighted by Gasteiger charge is 2.25.